The summed E-state index contributed by atoms with van der Waals surface area (Å²) in [6.07, 6.45) is -0.815. The molecule has 2 N–H and O–H groups in total. The maximum absolute atomic E-state index is 13.7. The van der Waals surface area contributed by atoms with E-state index in [1.54, 1.807) is 26.0 Å². The van der Waals surface area contributed by atoms with Crippen LogP contribution < -0.4 is 5.73 Å². The quantitative estimate of drug-likeness (QED) is 0.692. The van der Waals surface area contributed by atoms with Gasteiger partial charge in [-0.3, -0.25) is 4.79 Å². The molecule has 2 aromatic carbocycles. The lowest BCUT2D eigenvalue weighted by atomic mass is 10.1. The summed E-state index contributed by atoms with van der Waals surface area (Å²) in [6, 6.07) is 10.3. The Balaban J connectivity index is 1.71. The number of primary amides is 1. The number of carbonyl (C=O) groups excluding carboxylic acids is 2. The highest BCUT2D eigenvalue weighted by Crippen LogP contribution is 2.23. The average Bonchev–Trinajstić information content (AvgIpc) is 3.14. The molecule has 0 spiro atoms. The normalized spacial score (nSPS) is 11.8. The Kier molecular flexibility index (Phi) is 4.98. The number of aryl methyl sites for hydroxylation is 1. The van der Waals surface area contributed by atoms with Crippen molar-refractivity contribution in [3.63, 3.8) is 0 Å². The van der Waals surface area contributed by atoms with Crippen molar-refractivity contribution >= 4 is 11.9 Å². The summed E-state index contributed by atoms with van der Waals surface area (Å²) in [5, 5.41) is 3.79. The van der Waals surface area contributed by atoms with Gasteiger partial charge in [-0.25, -0.2) is 9.18 Å². The van der Waals surface area contributed by atoms with Crippen molar-refractivity contribution in [3.8, 4) is 11.4 Å². The van der Waals surface area contributed by atoms with Gasteiger partial charge in [-0.2, -0.15) is 4.98 Å². The molecular weight excluding hydrogens is 353 g/mol. The number of hydrogen-bond donors (Lipinski definition) is 1. The minimum absolute atomic E-state index is 0.0769. The number of carbonyl (C=O) groups is 2. The summed E-state index contributed by atoms with van der Waals surface area (Å²) in [5.74, 6) is -1.32. The maximum Gasteiger partial charge on any atom is 0.338 e. The smallest absolute Gasteiger partial charge is 0.338 e. The molecule has 0 saturated carbocycles. The highest BCUT2D eigenvalue weighted by Gasteiger charge is 2.20. The molecule has 1 amide bonds. The van der Waals surface area contributed by atoms with Crippen LogP contribution in [0.5, 0.6) is 0 Å². The molecule has 1 unspecified atom stereocenters. The van der Waals surface area contributed by atoms with Crippen molar-refractivity contribution in [2.45, 2.75) is 20.0 Å². The predicted molar refractivity (Wildman–Crippen MR) is 93.2 cm³/mol. The first-order valence-electron chi connectivity index (χ1n) is 8.06. The lowest BCUT2D eigenvalue weighted by Gasteiger charge is -2.09. The number of esters is 1. The molecule has 3 rings (SSSR count). The zero-order valence-corrected chi connectivity index (χ0v) is 14.6. The van der Waals surface area contributed by atoms with E-state index in [-0.39, 0.29) is 28.7 Å². The molecule has 8 heteroatoms. The van der Waals surface area contributed by atoms with Crippen LogP contribution in [0.1, 0.15) is 45.2 Å². The van der Waals surface area contributed by atoms with E-state index >= 15 is 0 Å². The molecule has 1 heterocycles. The zero-order valence-electron chi connectivity index (χ0n) is 14.6. The van der Waals surface area contributed by atoms with E-state index in [4.69, 9.17) is 15.0 Å². The third-order valence-electron chi connectivity index (χ3n) is 3.91. The molecule has 0 saturated heterocycles. The van der Waals surface area contributed by atoms with E-state index in [1.165, 1.54) is 30.3 Å². The minimum atomic E-state index is -0.815. The molecule has 0 aliphatic carbocycles. The minimum Gasteiger partial charge on any atom is -0.449 e. The van der Waals surface area contributed by atoms with Crippen LogP contribution >= 0.6 is 0 Å². The highest BCUT2D eigenvalue weighted by atomic mass is 19.1. The monoisotopic (exact) mass is 369 g/mol. The number of halogens is 1. The second kappa shape index (κ2) is 7.36. The van der Waals surface area contributed by atoms with E-state index in [1.807, 2.05) is 0 Å². The molecule has 138 valence electrons. The van der Waals surface area contributed by atoms with Crippen molar-refractivity contribution < 1.29 is 23.2 Å². The first-order chi connectivity index (χ1) is 12.8. The zero-order chi connectivity index (χ0) is 19.6. The summed E-state index contributed by atoms with van der Waals surface area (Å²) in [7, 11) is 0. The standard InChI is InChI=1S/C19H16FN3O4/c1-10-3-4-14(9-15(10)20)17-22-18(27-23-17)11(2)26-19(25)13-7-5-12(6-8-13)16(21)24/h3-9,11H,1-2H3,(H2,21,24). The first kappa shape index (κ1) is 18.2. The third kappa shape index (κ3) is 4.00. The molecule has 7 nitrogen and oxygen atoms in total. The van der Waals surface area contributed by atoms with Crippen LogP contribution in [0.2, 0.25) is 0 Å². The molecule has 27 heavy (non-hydrogen) atoms. The number of aromatic nitrogens is 2. The fourth-order valence-corrected chi connectivity index (χ4v) is 2.30. The SMILES string of the molecule is Cc1ccc(-c2noc(C(C)OC(=O)c3ccc(C(N)=O)cc3)n2)cc1F. The Labute approximate surface area is 153 Å². The third-order valence-corrected chi connectivity index (χ3v) is 3.91. The van der Waals surface area contributed by atoms with E-state index < -0.39 is 18.0 Å². The number of benzene rings is 2. The lowest BCUT2D eigenvalue weighted by Crippen LogP contribution is -2.12. The first-order valence-corrected chi connectivity index (χ1v) is 8.06. The lowest BCUT2D eigenvalue weighted by molar-refractivity contribution is 0.0265. The second-order valence-electron chi connectivity index (χ2n) is 5.91. The summed E-state index contributed by atoms with van der Waals surface area (Å²) in [5.41, 5.74) is 6.64. The van der Waals surface area contributed by atoms with Crippen molar-refractivity contribution in [1.82, 2.24) is 10.1 Å². The topological polar surface area (TPSA) is 108 Å². The van der Waals surface area contributed by atoms with Gasteiger partial charge in [0.2, 0.25) is 11.7 Å². The van der Waals surface area contributed by atoms with Crippen molar-refractivity contribution in [2.75, 3.05) is 0 Å². The van der Waals surface area contributed by atoms with Gasteiger partial charge in [0.1, 0.15) is 5.82 Å². The Bertz CT molecular complexity index is 998. The Morgan fingerprint density at radius 3 is 2.44 bits per heavy atom. The van der Waals surface area contributed by atoms with E-state index in [9.17, 15) is 14.0 Å². The number of ether oxygens (including phenoxy) is 1. The number of rotatable bonds is 5. The van der Waals surface area contributed by atoms with Crippen LogP contribution in [0.3, 0.4) is 0 Å². The van der Waals surface area contributed by atoms with Crippen LogP contribution in [-0.4, -0.2) is 22.0 Å². The van der Waals surface area contributed by atoms with E-state index in [2.05, 4.69) is 10.1 Å². The van der Waals surface area contributed by atoms with Gasteiger partial charge in [-0.15, -0.1) is 0 Å². The molecule has 0 aliphatic heterocycles. The highest BCUT2D eigenvalue weighted by molar-refractivity contribution is 5.95. The number of nitrogens with zero attached hydrogens (tertiary/aromatic N) is 2. The number of hydrogen-bond acceptors (Lipinski definition) is 6. The van der Waals surface area contributed by atoms with Gasteiger partial charge in [0, 0.05) is 11.1 Å². The van der Waals surface area contributed by atoms with Gasteiger partial charge in [-0.1, -0.05) is 17.3 Å². The summed E-state index contributed by atoms with van der Waals surface area (Å²) < 4.78 is 24.1. The van der Waals surface area contributed by atoms with Gasteiger partial charge in [-0.05, 0) is 49.7 Å². The Hall–Kier alpha value is -3.55. The molecule has 0 bridgehead atoms. The van der Waals surface area contributed by atoms with E-state index in [0.717, 1.165) is 0 Å². The van der Waals surface area contributed by atoms with Crippen LogP contribution in [0.25, 0.3) is 11.4 Å². The molecule has 3 aromatic rings. The molecule has 0 radical (unpaired) electrons. The van der Waals surface area contributed by atoms with Gasteiger partial charge < -0.3 is 15.0 Å². The van der Waals surface area contributed by atoms with Gasteiger partial charge in [0.25, 0.3) is 5.89 Å². The molecular formula is C19H16FN3O4. The summed E-state index contributed by atoms with van der Waals surface area (Å²) in [4.78, 5) is 27.4. The van der Waals surface area contributed by atoms with Crippen LogP contribution in [0, 0.1) is 12.7 Å². The Morgan fingerprint density at radius 2 is 1.81 bits per heavy atom. The van der Waals surface area contributed by atoms with Crippen molar-refractivity contribution in [3.05, 3.63) is 70.9 Å². The Morgan fingerprint density at radius 1 is 1.15 bits per heavy atom. The largest absolute Gasteiger partial charge is 0.449 e. The van der Waals surface area contributed by atoms with Crippen LogP contribution in [-0.2, 0) is 4.74 Å². The average molecular weight is 369 g/mol. The van der Waals surface area contributed by atoms with Gasteiger partial charge >= 0.3 is 5.97 Å². The van der Waals surface area contributed by atoms with Gasteiger partial charge in [0.05, 0.1) is 5.56 Å². The number of amides is 1. The second-order valence-corrected chi connectivity index (χ2v) is 5.91. The van der Waals surface area contributed by atoms with Crippen molar-refractivity contribution in [2.24, 2.45) is 5.73 Å². The molecule has 1 aromatic heterocycles. The summed E-state index contributed by atoms with van der Waals surface area (Å²) >= 11 is 0. The fraction of sp³-hybridized carbons (Fsp3) is 0.158. The number of nitrogens with two attached hydrogens (primary N) is 1. The summed E-state index contributed by atoms with van der Waals surface area (Å²) in [6.45, 7) is 3.22. The van der Waals surface area contributed by atoms with Crippen LogP contribution in [0.4, 0.5) is 4.39 Å². The van der Waals surface area contributed by atoms with Crippen molar-refractivity contribution in [1.29, 1.82) is 0 Å². The molecule has 0 fully saturated rings. The molecule has 1 atom stereocenters. The van der Waals surface area contributed by atoms with Crippen LogP contribution in [0.15, 0.2) is 47.0 Å². The molecule has 0 aliphatic rings. The predicted octanol–water partition coefficient (Wildman–Crippen LogP) is 3.20. The maximum atomic E-state index is 13.7. The van der Waals surface area contributed by atoms with E-state index in [0.29, 0.717) is 11.1 Å². The van der Waals surface area contributed by atoms with Gasteiger partial charge in [0.15, 0.2) is 6.10 Å². The fourth-order valence-electron chi connectivity index (χ4n) is 2.30.